The van der Waals surface area contributed by atoms with Crippen molar-refractivity contribution in [1.29, 1.82) is 0 Å². The maximum Gasteiger partial charge on any atom is 0.338 e. The number of aromatic nitrogens is 1. The van der Waals surface area contributed by atoms with Crippen molar-refractivity contribution in [3.05, 3.63) is 111 Å². The van der Waals surface area contributed by atoms with Gasteiger partial charge in [0.2, 0.25) is 0 Å². The molecule has 2 aromatic carbocycles. The maximum atomic E-state index is 13.5. The topological polar surface area (TPSA) is 147 Å². The van der Waals surface area contributed by atoms with Crippen LogP contribution in [0.5, 0.6) is 0 Å². The van der Waals surface area contributed by atoms with Gasteiger partial charge in [0.1, 0.15) is 0 Å². The molecule has 3 aromatic rings. The number of rotatable bonds is 6. The van der Waals surface area contributed by atoms with Crippen LogP contribution in [0.15, 0.2) is 69.6 Å². The van der Waals surface area contributed by atoms with E-state index < -0.39 is 27.4 Å². The van der Waals surface area contributed by atoms with Gasteiger partial charge in [-0.1, -0.05) is 35.6 Å². The summed E-state index contributed by atoms with van der Waals surface area (Å²) in [5.41, 5.74) is 0.397. The molecule has 0 bridgehead atoms. The lowest BCUT2D eigenvalue weighted by Gasteiger charge is -2.24. The van der Waals surface area contributed by atoms with Gasteiger partial charge in [-0.05, 0) is 31.1 Å². The molecule has 178 valence electrons. The van der Waals surface area contributed by atoms with E-state index in [2.05, 4.69) is 4.99 Å². The number of hydrogen-bond donors (Lipinski definition) is 0. The zero-order chi connectivity index (χ0) is 25.3. The fourth-order valence-electron chi connectivity index (χ4n) is 3.79. The molecule has 2 heterocycles. The molecule has 1 aliphatic heterocycles. The Kier molecular flexibility index (Phi) is 6.38. The minimum Gasteiger partial charge on any atom is -0.463 e. The number of ether oxygens (including phenoxy) is 1. The van der Waals surface area contributed by atoms with Crippen LogP contribution in [0.4, 0.5) is 11.4 Å². The van der Waals surface area contributed by atoms with Gasteiger partial charge in [0, 0.05) is 24.3 Å². The zero-order valence-corrected chi connectivity index (χ0v) is 19.4. The summed E-state index contributed by atoms with van der Waals surface area (Å²) in [6.45, 7) is 3.34. The van der Waals surface area contributed by atoms with E-state index in [0.717, 1.165) is 11.3 Å². The molecule has 4 rings (SSSR count). The van der Waals surface area contributed by atoms with Crippen LogP contribution in [0.25, 0.3) is 6.08 Å². The Hall–Kier alpha value is -4.45. The van der Waals surface area contributed by atoms with Crippen LogP contribution in [0, 0.1) is 20.2 Å². The van der Waals surface area contributed by atoms with Crippen molar-refractivity contribution in [2.24, 2.45) is 4.99 Å². The van der Waals surface area contributed by atoms with Crippen molar-refractivity contribution in [2.45, 2.75) is 19.9 Å². The van der Waals surface area contributed by atoms with Crippen LogP contribution < -0.4 is 14.9 Å². The third-order valence-corrected chi connectivity index (χ3v) is 6.28. The minimum absolute atomic E-state index is 0.0917. The largest absolute Gasteiger partial charge is 0.463 e. The van der Waals surface area contributed by atoms with Gasteiger partial charge in [-0.2, -0.15) is 0 Å². The molecule has 0 fully saturated rings. The maximum absolute atomic E-state index is 13.5. The second kappa shape index (κ2) is 9.43. The Morgan fingerprint density at radius 3 is 2.46 bits per heavy atom. The van der Waals surface area contributed by atoms with Gasteiger partial charge < -0.3 is 4.74 Å². The molecule has 0 aliphatic carbocycles. The first-order valence-electron chi connectivity index (χ1n) is 10.4. The van der Waals surface area contributed by atoms with Crippen molar-refractivity contribution in [3.8, 4) is 0 Å². The SMILES string of the molecule is CCOC(=O)C1=C(C)N=c2s/c(=C\c3cccc([N+](=O)[O-])c3)c(=O)n2C1c1cccc([N+](=O)[O-])c1. The Morgan fingerprint density at radius 1 is 1.14 bits per heavy atom. The Morgan fingerprint density at radius 2 is 1.80 bits per heavy atom. The monoisotopic (exact) mass is 494 g/mol. The molecular formula is C23H18N4O7S. The number of nitro benzene ring substituents is 2. The molecule has 0 radical (unpaired) electrons. The summed E-state index contributed by atoms with van der Waals surface area (Å²) in [4.78, 5) is 52.5. The standard InChI is InChI=1S/C23H18N4O7S/c1-3-34-22(29)19-13(2)24-23-25(20(19)15-7-5-9-17(12-15)27(32)33)21(28)18(35-23)11-14-6-4-8-16(10-14)26(30)31/h4-12,20H,3H2,1-2H3/b18-11-. The predicted molar refractivity (Wildman–Crippen MR) is 127 cm³/mol. The smallest absolute Gasteiger partial charge is 0.338 e. The number of carbonyl (C=O) groups excluding carboxylic acids is 1. The number of esters is 1. The highest BCUT2D eigenvalue weighted by Gasteiger charge is 2.34. The molecule has 1 unspecified atom stereocenters. The van der Waals surface area contributed by atoms with E-state index in [9.17, 15) is 29.8 Å². The van der Waals surface area contributed by atoms with E-state index >= 15 is 0 Å². The Balaban J connectivity index is 1.96. The third-order valence-electron chi connectivity index (χ3n) is 5.29. The fourth-order valence-corrected chi connectivity index (χ4v) is 4.84. The lowest BCUT2D eigenvalue weighted by molar-refractivity contribution is -0.385. The molecule has 1 atom stereocenters. The summed E-state index contributed by atoms with van der Waals surface area (Å²) >= 11 is 1.05. The molecule has 0 amide bonds. The van der Waals surface area contributed by atoms with Crippen LogP contribution in [-0.2, 0) is 9.53 Å². The lowest BCUT2D eigenvalue weighted by atomic mass is 9.95. The lowest BCUT2D eigenvalue weighted by Crippen LogP contribution is -2.40. The van der Waals surface area contributed by atoms with Crippen molar-refractivity contribution in [2.75, 3.05) is 6.61 Å². The molecule has 1 aliphatic rings. The summed E-state index contributed by atoms with van der Waals surface area (Å²) in [6, 6.07) is 10.5. The van der Waals surface area contributed by atoms with Gasteiger partial charge >= 0.3 is 5.97 Å². The highest BCUT2D eigenvalue weighted by atomic mass is 32.1. The van der Waals surface area contributed by atoms with Crippen LogP contribution >= 0.6 is 11.3 Å². The fraction of sp³-hybridized carbons (Fsp3) is 0.174. The molecular weight excluding hydrogens is 476 g/mol. The average Bonchev–Trinajstić information content (AvgIpc) is 3.12. The number of thiazole rings is 1. The molecule has 12 heteroatoms. The molecule has 35 heavy (non-hydrogen) atoms. The molecule has 0 saturated carbocycles. The number of hydrogen-bond acceptors (Lipinski definition) is 9. The number of non-ortho nitro benzene ring substituents is 2. The first-order valence-corrected chi connectivity index (χ1v) is 11.2. The first kappa shape index (κ1) is 23.7. The number of nitro groups is 2. The van der Waals surface area contributed by atoms with E-state index in [1.54, 1.807) is 26.0 Å². The first-order chi connectivity index (χ1) is 16.7. The van der Waals surface area contributed by atoms with Gasteiger partial charge in [0.05, 0.1) is 38.3 Å². The Bertz CT molecular complexity index is 1590. The van der Waals surface area contributed by atoms with E-state index in [1.807, 2.05) is 0 Å². The summed E-state index contributed by atoms with van der Waals surface area (Å²) in [6.07, 6.45) is 1.50. The number of benzene rings is 2. The van der Waals surface area contributed by atoms with Crippen molar-refractivity contribution < 1.29 is 19.4 Å². The average molecular weight is 494 g/mol. The quantitative estimate of drug-likeness (QED) is 0.291. The van der Waals surface area contributed by atoms with Crippen LogP contribution in [0.2, 0.25) is 0 Å². The number of allylic oxidation sites excluding steroid dienone is 1. The summed E-state index contributed by atoms with van der Waals surface area (Å²) in [7, 11) is 0. The van der Waals surface area contributed by atoms with E-state index in [1.165, 1.54) is 47.0 Å². The van der Waals surface area contributed by atoms with Gasteiger partial charge in [-0.3, -0.25) is 29.6 Å². The molecule has 0 saturated heterocycles. The summed E-state index contributed by atoms with van der Waals surface area (Å²) in [5.74, 6) is -0.682. The molecule has 0 N–H and O–H groups in total. The number of nitrogens with zero attached hydrogens (tertiary/aromatic N) is 4. The molecule has 0 spiro atoms. The zero-order valence-electron chi connectivity index (χ0n) is 18.5. The number of carbonyl (C=O) groups is 1. The van der Waals surface area contributed by atoms with E-state index in [-0.39, 0.29) is 32.9 Å². The van der Waals surface area contributed by atoms with Crippen LogP contribution in [0.3, 0.4) is 0 Å². The predicted octanol–water partition coefficient (Wildman–Crippen LogP) is 2.61. The van der Waals surface area contributed by atoms with E-state index in [4.69, 9.17) is 4.74 Å². The highest BCUT2D eigenvalue weighted by Crippen LogP contribution is 2.32. The third kappa shape index (κ3) is 4.51. The van der Waals surface area contributed by atoms with Gasteiger partial charge in [0.15, 0.2) is 4.80 Å². The van der Waals surface area contributed by atoms with E-state index in [0.29, 0.717) is 16.8 Å². The highest BCUT2D eigenvalue weighted by molar-refractivity contribution is 7.07. The van der Waals surface area contributed by atoms with Gasteiger partial charge in [0.25, 0.3) is 16.9 Å². The van der Waals surface area contributed by atoms with Crippen molar-refractivity contribution in [1.82, 2.24) is 4.57 Å². The van der Waals surface area contributed by atoms with Crippen molar-refractivity contribution in [3.63, 3.8) is 0 Å². The minimum atomic E-state index is -1.00. The normalized spacial score (nSPS) is 15.4. The van der Waals surface area contributed by atoms with Crippen molar-refractivity contribution >= 4 is 34.8 Å². The van der Waals surface area contributed by atoms with Gasteiger partial charge in [-0.15, -0.1) is 0 Å². The van der Waals surface area contributed by atoms with Crippen LogP contribution in [-0.4, -0.2) is 27.0 Å². The van der Waals surface area contributed by atoms with Gasteiger partial charge in [-0.25, -0.2) is 9.79 Å². The van der Waals surface area contributed by atoms with Crippen LogP contribution in [0.1, 0.15) is 31.0 Å². The number of fused-ring (bicyclic) bond motifs is 1. The molecule has 11 nitrogen and oxygen atoms in total. The second-order valence-electron chi connectivity index (χ2n) is 7.51. The molecule has 1 aromatic heterocycles. The summed E-state index contributed by atoms with van der Waals surface area (Å²) < 4.78 is 6.73. The second-order valence-corrected chi connectivity index (χ2v) is 8.52. The summed E-state index contributed by atoms with van der Waals surface area (Å²) in [5, 5.41) is 22.5. The Labute approximate surface area is 201 Å².